The summed E-state index contributed by atoms with van der Waals surface area (Å²) in [5.41, 5.74) is 0. The van der Waals surface area contributed by atoms with Crippen LogP contribution in [0.15, 0.2) is 17.5 Å². The summed E-state index contributed by atoms with van der Waals surface area (Å²) in [7, 11) is 0. The summed E-state index contributed by atoms with van der Waals surface area (Å²) in [6.45, 7) is 1.80. The SMILES string of the molecule is CC(NC(=O)N[C@H](CCCC(=O)O)C(=O)O)c1cccs1. The van der Waals surface area contributed by atoms with Gasteiger partial charge in [0.15, 0.2) is 0 Å². The fourth-order valence-corrected chi connectivity index (χ4v) is 2.45. The fourth-order valence-electron chi connectivity index (χ4n) is 1.72. The fraction of sp³-hybridized carbons (Fsp3) is 0.462. The van der Waals surface area contributed by atoms with Crippen molar-refractivity contribution in [2.24, 2.45) is 0 Å². The Labute approximate surface area is 126 Å². The predicted octanol–water partition coefficient (Wildman–Crippen LogP) is 1.82. The second kappa shape index (κ2) is 8.25. The molecule has 0 aromatic carbocycles. The average Bonchev–Trinajstić information content (AvgIpc) is 2.90. The number of hydrogen-bond acceptors (Lipinski definition) is 4. The largest absolute Gasteiger partial charge is 0.481 e. The number of carbonyl (C=O) groups is 3. The number of carbonyl (C=O) groups excluding carboxylic acids is 1. The Bertz CT molecular complexity index is 489. The predicted molar refractivity (Wildman–Crippen MR) is 77.3 cm³/mol. The average molecular weight is 314 g/mol. The van der Waals surface area contributed by atoms with Gasteiger partial charge in [-0.25, -0.2) is 9.59 Å². The zero-order valence-electron chi connectivity index (χ0n) is 11.5. The molecule has 2 amide bonds. The van der Waals surface area contributed by atoms with Gasteiger partial charge in [0, 0.05) is 11.3 Å². The third kappa shape index (κ3) is 6.26. The van der Waals surface area contributed by atoms with Crippen molar-refractivity contribution in [2.45, 2.75) is 38.3 Å². The van der Waals surface area contributed by atoms with Gasteiger partial charge in [0.2, 0.25) is 0 Å². The molecule has 116 valence electrons. The van der Waals surface area contributed by atoms with Crippen LogP contribution in [-0.4, -0.2) is 34.2 Å². The van der Waals surface area contributed by atoms with E-state index in [9.17, 15) is 14.4 Å². The lowest BCUT2D eigenvalue weighted by molar-refractivity contribution is -0.140. The van der Waals surface area contributed by atoms with Crippen LogP contribution in [0.1, 0.15) is 37.1 Å². The first-order chi connectivity index (χ1) is 9.90. The van der Waals surface area contributed by atoms with Crippen LogP contribution in [0, 0.1) is 0 Å². The van der Waals surface area contributed by atoms with Gasteiger partial charge < -0.3 is 20.8 Å². The van der Waals surface area contributed by atoms with Crippen molar-refractivity contribution in [1.29, 1.82) is 0 Å². The molecule has 0 aliphatic carbocycles. The van der Waals surface area contributed by atoms with Crippen LogP contribution in [0.4, 0.5) is 4.79 Å². The lowest BCUT2D eigenvalue weighted by atomic mass is 10.1. The standard InChI is InChI=1S/C13H18N2O5S/c1-8(10-5-3-7-21-10)14-13(20)15-9(12(18)19)4-2-6-11(16)17/h3,5,7-9H,2,4,6H2,1H3,(H,16,17)(H,18,19)(H2,14,15,20)/t8?,9-/m1/s1. The molecule has 0 aliphatic heterocycles. The summed E-state index contributed by atoms with van der Waals surface area (Å²) in [5.74, 6) is -2.17. The van der Waals surface area contributed by atoms with Gasteiger partial charge in [-0.1, -0.05) is 6.07 Å². The molecule has 1 aromatic rings. The van der Waals surface area contributed by atoms with Crippen LogP contribution in [-0.2, 0) is 9.59 Å². The minimum atomic E-state index is -1.18. The van der Waals surface area contributed by atoms with Crippen molar-refractivity contribution in [3.05, 3.63) is 22.4 Å². The molecule has 0 radical (unpaired) electrons. The number of urea groups is 1. The summed E-state index contributed by atoms with van der Waals surface area (Å²) in [6.07, 6.45) is 0.133. The molecule has 4 N–H and O–H groups in total. The minimum Gasteiger partial charge on any atom is -0.481 e. The van der Waals surface area contributed by atoms with Crippen LogP contribution in [0.2, 0.25) is 0 Å². The van der Waals surface area contributed by atoms with Gasteiger partial charge in [0.05, 0.1) is 6.04 Å². The Morgan fingerprint density at radius 2 is 2.00 bits per heavy atom. The number of carboxylic acids is 2. The van der Waals surface area contributed by atoms with Crippen LogP contribution in [0.25, 0.3) is 0 Å². The number of amides is 2. The van der Waals surface area contributed by atoms with E-state index in [0.717, 1.165) is 4.88 Å². The van der Waals surface area contributed by atoms with Crippen molar-refractivity contribution in [1.82, 2.24) is 10.6 Å². The number of rotatable bonds is 8. The van der Waals surface area contributed by atoms with Crippen LogP contribution >= 0.6 is 11.3 Å². The summed E-state index contributed by atoms with van der Waals surface area (Å²) in [5, 5.41) is 24.4. The highest BCUT2D eigenvalue weighted by atomic mass is 32.1. The summed E-state index contributed by atoms with van der Waals surface area (Å²) >= 11 is 1.49. The monoisotopic (exact) mass is 314 g/mol. The van der Waals surface area contributed by atoms with Gasteiger partial charge in [0.25, 0.3) is 0 Å². The second-order valence-corrected chi connectivity index (χ2v) is 5.51. The molecule has 0 bridgehead atoms. The van der Waals surface area contributed by atoms with E-state index in [1.165, 1.54) is 11.3 Å². The Kier molecular flexibility index (Phi) is 6.67. The van der Waals surface area contributed by atoms with Gasteiger partial charge in [-0.3, -0.25) is 4.79 Å². The van der Waals surface area contributed by atoms with E-state index < -0.39 is 24.0 Å². The van der Waals surface area contributed by atoms with E-state index in [-0.39, 0.29) is 25.3 Å². The van der Waals surface area contributed by atoms with Gasteiger partial charge in [0.1, 0.15) is 6.04 Å². The molecule has 0 fully saturated rings. The molecule has 2 atom stereocenters. The number of carboxylic acid groups (broad SMARTS) is 2. The van der Waals surface area contributed by atoms with E-state index in [0.29, 0.717) is 0 Å². The third-order valence-corrected chi connectivity index (χ3v) is 3.86. The van der Waals surface area contributed by atoms with Gasteiger partial charge >= 0.3 is 18.0 Å². The minimum absolute atomic E-state index is 0.0719. The van der Waals surface area contributed by atoms with Crippen LogP contribution < -0.4 is 10.6 Å². The van der Waals surface area contributed by atoms with Crippen molar-refractivity contribution in [3.8, 4) is 0 Å². The van der Waals surface area contributed by atoms with Crippen molar-refractivity contribution < 1.29 is 24.6 Å². The van der Waals surface area contributed by atoms with Crippen molar-refractivity contribution in [3.63, 3.8) is 0 Å². The molecule has 1 rings (SSSR count). The lowest BCUT2D eigenvalue weighted by Gasteiger charge is -2.17. The molecule has 8 heteroatoms. The normalized spacial score (nSPS) is 13.2. The number of aliphatic carboxylic acids is 2. The van der Waals surface area contributed by atoms with Crippen molar-refractivity contribution >= 4 is 29.3 Å². The molecule has 0 spiro atoms. The Balaban J connectivity index is 2.45. The summed E-state index contributed by atoms with van der Waals surface area (Å²) in [4.78, 5) is 34.2. The maximum absolute atomic E-state index is 11.8. The zero-order valence-corrected chi connectivity index (χ0v) is 12.4. The number of thiophene rings is 1. The highest BCUT2D eigenvalue weighted by Crippen LogP contribution is 2.17. The van der Waals surface area contributed by atoms with Crippen LogP contribution in [0.5, 0.6) is 0 Å². The topological polar surface area (TPSA) is 116 Å². The molecular formula is C13H18N2O5S. The van der Waals surface area contributed by atoms with E-state index in [4.69, 9.17) is 10.2 Å². The Hall–Kier alpha value is -2.09. The number of hydrogen-bond donors (Lipinski definition) is 4. The maximum atomic E-state index is 11.8. The van der Waals surface area contributed by atoms with Gasteiger partial charge in [-0.05, 0) is 31.2 Å². The molecule has 0 saturated heterocycles. The molecule has 1 unspecified atom stereocenters. The molecule has 0 saturated carbocycles. The maximum Gasteiger partial charge on any atom is 0.326 e. The number of nitrogens with one attached hydrogen (secondary N) is 2. The highest BCUT2D eigenvalue weighted by molar-refractivity contribution is 7.10. The molecule has 21 heavy (non-hydrogen) atoms. The quantitative estimate of drug-likeness (QED) is 0.584. The van der Waals surface area contributed by atoms with Crippen molar-refractivity contribution in [2.75, 3.05) is 0 Å². The Morgan fingerprint density at radius 1 is 1.29 bits per heavy atom. The first kappa shape index (κ1) is 17.0. The second-order valence-electron chi connectivity index (χ2n) is 4.53. The third-order valence-electron chi connectivity index (χ3n) is 2.80. The van der Waals surface area contributed by atoms with E-state index in [1.807, 2.05) is 17.5 Å². The van der Waals surface area contributed by atoms with Gasteiger partial charge in [-0.15, -0.1) is 11.3 Å². The smallest absolute Gasteiger partial charge is 0.326 e. The summed E-state index contributed by atoms with van der Waals surface area (Å²) < 4.78 is 0. The first-order valence-corrected chi connectivity index (χ1v) is 7.33. The molecule has 0 aliphatic rings. The van der Waals surface area contributed by atoms with E-state index in [2.05, 4.69) is 10.6 Å². The summed E-state index contributed by atoms with van der Waals surface area (Å²) in [6, 6.07) is 1.83. The van der Waals surface area contributed by atoms with E-state index >= 15 is 0 Å². The molecule has 7 nitrogen and oxygen atoms in total. The van der Waals surface area contributed by atoms with Gasteiger partial charge in [-0.2, -0.15) is 0 Å². The van der Waals surface area contributed by atoms with E-state index in [1.54, 1.807) is 6.92 Å². The molecule has 1 heterocycles. The molecule has 1 aromatic heterocycles. The highest BCUT2D eigenvalue weighted by Gasteiger charge is 2.21. The first-order valence-electron chi connectivity index (χ1n) is 6.45. The molecular weight excluding hydrogens is 296 g/mol. The lowest BCUT2D eigenvalue weighted by Crippen LogP contribution is -2.46. The van der Waals surface area contributed by atoms with Crippen LogP contribution in [0.3, 0.4) is 0 Å². The zero-order chi connectivity index (χ0) is 15.8. The Morgan fingerprint density at radius 3 is 2.52 bits per heavy atom.